The molecule has 0 aliphatic heterocycles. The van der Waals surface area contributed by atoms with Gasteiger partial charge in [0.2, 0.25) is 0 Å². The first-order valence-corrected chi connectivity index (χ1v) is 4.76. The third kappa shape index (κ3) is 22.7. The van der Waals surface area contributed by atoms with Crippen LogP contribution >= 0.6 is 22.6 Å². The second-order valence-corrected chi connectivity index (χ2v) is 2.47. The van der Waals surface area contributed by atoms with Crippen LogP contribution < -0.4 is 5.32 Å². The van der Waals surface area contributed by atoms with Gasteiger partial charge in [-0.3, -0.25) is 0 Å². The lowest BCUT2D eigenvalue weighted by Gasteiger charge is -1.94. The second-order valence-electron chi connectivity index (χ2n) is 1.93. The van der Waals surface area contributed by atoms with Crippen LogP contribution in [0, 0.1) is 9.85 Å². The molecule has 0 aromatic rings. The summed E-state index contributed by atoms with van der Waals surface area (Å²) >= 11 is 1.99. The number of halogens is 1. The van der Waals surface area contributed by atoms with Crippen molar-refractivity contribution in [2.75, 3.05) is 6.54 Å². The third-order valence-corrected chi connectivity index (χ3v) is 1.44. The Hall–Kier alpha value is -0.440. The van der Waals surface area contributed by atoms with Gasteiger partial charge in [0, 0.05) is 29.1 Å². The van der Waals surface area contributed by atoms with Crippen molar-refractivity contribution in [2.24, 2.45) is 0 Å². The second kappa shape index (κ2) is 13.2. The van der Waals surface area contributed by atoms with Crippen LogP contribution in [0.5, 0.6) is 0 Å². The summed E-state index contributed by atoms with van der Waals surface area (Å²) in [4.78, 5) is 9.76. The Morgan fingerprint density at radius 2 is 2.17 bits per heavy atom. The van der Waals surface area contributed by atoms with Crippen LogP contribution in [0.3, 0.4) is 0 Å². The minimum Gasteiger partial charge on any atom is -0.465 e. The number of amides is 1. The molecule has 0 aromatic carbocycles. The Kier molecular flexibility index (Phi) is 15.5. The molecule has 0 saturated carbocycles. The molecular formula is C8H14INO2. The van der Waals surface area contributed by atoms with Crippen molar-refractivity contribution >= 4 is 28.7 Å². The van der Waals surface area contributed by atoms with Crippen LogP contribution in [0.2, 0.25) is 0 Å². The summed E-state index contributed by atoms with van der Waals surface area (Å²) in [5.41, 5.74) is 0. The first-order valence-electron chi connectivity index (χ1n) is 3.68. The lowest BCUT2D eigenvalue weighted by molar-refractivity contribution is 0.194. The predicted octanol–water partition coefficient (Wildman–Crippen LogP) is 2.46. The molecule has 70 valence electrons. The molecule has 1 amide bonds. The van der Waals surface area contributed by atoms with Crippen molar-refractivity contribution in [2.45, 2.75) is 26.7 Å². The fraction of sp³-hybridized carbons (Fsp3) is 0.625. The lowest BCUT2D eigenvalue weighted by Crippen LogP contribution is -2.21. The zero-order chi connectivity index (χ0) is 9.82. The molecule has 2 N–H and O–H groups in total. The number of carboxylic acid groups (broad SMARTS) is 1. The maximum absolute atomic E-state index is 9.76. The van der Waals surface area contributed by atoms with Gasteiger partial charge in [-0.1, -0.05) is 19.3 Å². The predicted molar refractivity (Wildman–Crippen MR) is 58.4 cm³/mol. The summed E-state index contributed by atoms with van der Waals surface area (Å²) in [6, 6.07) is 0. The minimum atomic E-state index is -0.932. The summed E-state index contributed by atoms with van der Waals surface area (Å²) in [5.74, 6) is 2.67. The van der Waals surface area contributed by atoms with E-state index in [1.165, 1.54) is 0 Å². The van der Waals surface area contributed by atoms with Gasteiger partial charge < -0.3 is 10.4 Å². The number of carbonyl (C=O) groups is 1. The molecule has 0 rings (SSSR count). The summed E-state index contributed by atoms with van der Waals surface area (Å²) < 4.78 is 2.65. The quantitative estimate of drug-likeness (QED) is 0.475. The highest BCUT2D eigenvalue weighted by Gasteiger charge is 1.88. The van der Waals surface area contributed by atoms with Gasteiger partial charge in [-0.05, 0) is 17.3 Å². The molecule has 0 saturated heterocycles. The normalized spacial score (nSPS) is 6.92. The van der Waals surface area contributed by atoms with Crippen LogP contribution in [0.1, 0.15) is 26.7 Å². The van der Waals surface area contributed by atoms with E-state index in [9.17, 15) is 4.79 Å². The van der Waals surface area contributed by atoms with Gasteiger partial charge in [-0.15, -0.1) is 0 Å². The molecule has 0 spiro atoms. The molecule has 0 heterocycles. The minimum absolute atomic E-state index is 0.575. The van der Waals surface area contributed by atoms with Crippen LogP contribution in [-0.4, -0.2) is 17.7 Å². The van der Waals surface area contributed by atoms with Crippen molar-refractivity contribution in [1.29, 1.82) is 0 Å². The molecule has 0 fully saturated rings. The van der Waals surface area contributed by atoms with Crippen molar-refractivity contribution in [3.8, 4) is 9.85 Å². The zero-order valence-corrected chi connectivity index (χ0v) is 9.51. The maximum Gasteiger partial charge on any atom is 0.404 e. The van der Waals surface area contributed by atoms with E-state index in [2.05, 4.69) is 15.2 Å². The fourth-order valence-electron chi connectivity index (χ4n) is 0.372. The van der Waals surface area contributed by atoms with Gasteiger partial charge in [0.15, 0.2) is 0 Å². The molecule has 0 aromatic heterocycles. The van der Waals surface area contributed by atoms with Gasteiger partial charge in [-0.25, -0.2) is 4.79 Å². The summed E-state index contributed by atoms with van der Waals surface area (Å²) in [7, 11) is 0. The number of hydrogen-bond acceptors (Lipinski definition) is 1. The molecule has 0 aliphatic rings. The highest BCUT2D eigenvalue weighted by Crippen LogP contribution is 1.80. The van der Waals surface area contributed by atoms with Crippen molar-refractivity contribution in [3.05, 3.63) is 0 Å². The summed E-state index contributed by atoms with van der Waals surface area (Å²) in [6.07, 6.45) is 1.02. The molecule has 12 heavy (non-hydrogen) atoms. The topological polar surface area (TPSA) is 49.3 Å². The summed E-state index contributed by atoms with van der Waals surface area (Å²) in [5, 5.41) is 10.3. The van der Waals surface area contributed by atoms with Crippen molar-refractivity contribution in [3.63, 3.8) is 0 Å². The zero-order valence-electron chi connectivity index (χ0n) is 7.35. The van der Waals surface area contributed by atoms with E-state index < -0.39 is 6.09 Å². The first kappa shape index (κ1) is 14.1. The lowest BCUT2D eigenvalue weighted by atomic mass is 10.3. The SMILES string of the molecule is CC#CI.CCCCNC(=O)O. The molecule has 4 heteroatoms. The van der Waals surface area contributed by atoms with Crippen molar-refractivity contribution in [1.82, 2.24) is 5.32 Å². The van der Waals surface area contributed by atoms with Crippen LogP contribution in [0.4, 0.5) is 4.79 Å². The Balaban J connectivity index is 0. The highest BCUT2D eigenvalue weighted by molar-refractivity contribution is 14.1. The molecule has 0 radical (unpaired) electrons. The van der Waals surface area contributed by atoms with E-state index in [0.29, 0.717) is 6.54 Å². The molecule has 0 atom stereocenters. The van der Waals surface area contributed by atoms with E-state index in [0.717, 1.165) is 12.8 Å². The maximum atomic E-state index is 9.76. The van der Waals surface area contributed by atoms with E-state index in [-0.39, 0.29) is 0 Å². The van der Waals surface area contributed by atoms with E-state index in [4.69, 9.17) is 5.11 Å². The Labute approximate surface area is 87.1 Å². The van der Waals surface area contributed by atoms with Gasteiger partial charge >= 0.3 is 6.09 Å². The van der Waals surface area contributed by atoms with Gasteiger partial charge in [0.25, 0.3) is 0 Å². The average molecular weight is 283 g/mol. The van der Waals surface area contributed by atoms with Gasteiger partial charge in [0.1, 0.15) is 0 Å². The van der Waals surface area contributed by atoms with Crippen LogP contribution in [-0.2, 0) is 0 Å². The molecule has 0 bridgehead atoms. The number of unbranched alkanes of at least 4 members (excludes halogenated alkanes) is 1. The van der Waals surface area contributed by atoms with Crippen LogP contribution in [0.15, 0.2) is 0 Å². The molecular weight excluding hydrogens is 269 g/mol. The van der Waals surface area contributed by atoms with E-state index in [1.807, 2.05) is 36.4 Å². The molecule has 0 unspecified atom stereocenters. The van der Waals surface area contributed by atoms with E-state index in [1.54, 1.807) is 0 Å². The molecule has 3 nitrogen and oxygen atoms in total. The Morgan fingerprint density at radius 1 is 1.67 bits per heavy atom. The Bertz CT molecular complexity index is 154. The average Bonchev–Trinajstić information content (AvgIpc) is 2.05. The number of rotatable bonds is 3. The largest absolute Gasteiger partial charge is 0.465 e. The van der Waals surface area contributed by atoms with Gasteiger partial charge in [-0.2, -0.15) is 0 Å². The number of nitrogens with one attached hydrogen (secondary N) is 1. The monoisotopic (exact) mass is 283 g/mol. The third-order valence-electron chi connectivity index (χ3n) is 0.901. The number of hydrogen-bond donors (Lipinski definition) is 2. The molecule has 0 aliphatic carbocycles. The smallest absolute Gasteiger partial charge is 0.404 e. The fourth-order valence-corrected chi connectivity index (χ4v) is 0.372. The first-order chi connectivity index (χ1) is 5.68. The summed E-state index contributed by atoms with van der Waals surface area (Å²) in [6.45, 7) is 4.40. The van der Waals surface area contributed by atoms with Gasteiger partial charge in [0.05, 0.1) is 0 Å². The van der Waals surface area contributed by atoms with Crippen LogP contribution in [0.25, 0.3) is 0 Å². The highest BCUT2D eigenvalue weighted by atomic mass is 127. The van der Waals surface area contributed by atoms with E-state index >= 15 is 0 Å². The van der Waals surface area contributed by atoms with Crippen molar-refractivity contribution < 1.29 is 9.90 Å². The Morgan fingerprint density at radius 3 is 2.42 bits per heavy atom. The standard InChI is InChI=1S/C5H11NO2.C3H3I/c1-2-3-4-6-5(7)8;1-2-3-4/h6H,2-4H2,1H3,(H,7,8);1H3.